The molecule has 0 amide bonds. The van der Waals surface area contributed by atoms with Crippen molar-refractivity contribution in [1.29, 1.82) is 0 Å². The molecule has 0 fully saturated rings. The van der Waals surface area contributed by atoms with Gasteiger partial charge in [-0.15, -0.1) is 0 Å². The monoisotopic (exact) mass is 254 g/mol. The van der Waals surface area contributed by atoms with Gasteiger partial charge in [0.15, 0.2) is 0 Å². The van der Waals surface area contributed by atoms with Crippen LogP contribution in [0.3, 0.4) is 0 Å². The van der Waals surface area contributed by atoms with Crippen LogP contribution in [0.1, 0.15) is 0 Å². The second kappa shape index (κ2) is 4.69. The summed E-state index contributed by atoms with van der Waals surface area (Å²) < 4.78 is 47.5. The van der Waals surface area contributed by atoms with Gasteiger partial charge in [0.2, 0.25) is 0 Å². The third-order valence-electron chi connectivity index (χ3n) is 0.594. The first kappa shape index (κ1) is 12.6. The Balaban J connectivity index is 3.89. The van der Waals surface area contributed by atoms with Crippen LogP contribution >= 0.6 is 10.8 Å². The molecule has 0 aliphatic rings. The average molecular weight is 254 g/mol. The van der Waals surface area contributed by atoms with Crippen LogP contribution in [0.25, 0.3) is 0 Å². The van der Waals surface area contributed by atoms with Crippen LogP contribution in [-0.2, 0) is 37.8 Å². The maximum absolute atomic E-state index is 10.7. The molecule has 0 bridgehead atoms. The molecule has 0 aliphatic carbocycles. The first-order valence-corrected chi connectivity index (χ1v) is 7.61. The van der Waals surface area contributed by atoms with E-state index in [1.165, 1.54) is 0 Å². The fourth-order valence-electron chi connectivity index (χ4n) is 0.187. The summed E-state index contributed by atoms with van der Waals surface area (Å²) >= 11 is 4.23. The molecule has 74 valence electrons. The second-order valence-corrected chi connectivity index (χ2v) is 7.26. The molecule has 0 spiro atoms. The zero-order chi connectivity index (χ0) is 9.83. The lowest BCUT2D eigenvalue weighted by Crippen LogP contribution is -2.06. The van der Waals surface area contributed by atoms with Gasteiger partial charge in [-0.25, -0.2) is 0 Å². The summed E-state index contributed by atoms with van der Waals surface area (Å²) in [6.45, 7) is 0. The van der Waals surface area contributed by atoms with Crippen molar-refractivity contribution >= 4 is 40.2 Å². The molecule has 0 radical (unpaired) electrons. The Labute approximate surface area is 78.9 Å². The minimum absolute atomic E-state index is 0.0555. The average Bonchev–Trinajstić information content (AvgIpc) is 1.84. The first-order valence-electron chi connectivity index (χ1n) is 2.33. The molecule has 6 nitrogen and oxygen atoms in total. The van der Waals surface area contributed by atoms with E-state index in [4.69, 9.17) is 4.55 Å². The summed E-state index contributed by atoms with van der Waals surface area (Å²) in [7, 11) is -6.38. The van der Waals surface area contributed by atoms with Gasteiger partial charge in [-0.1, -0.05) is 0 Å². The fraction of sp³-hybridized carbons (Fsp3) is 1.00. The highest BCUT2D eigenvalue weighted by atomic mass is 33.1. The molecule has 1 N–H and O–H groups in total. The van der Waals surface area contributed by atoms with Crippen molar-refractivity contribution in [2.75, 3.05) is 13.0 Å². The fourth-order valence-corrected chi connectivity index (χ4v) is 2.11. The van der Waals surface area contributed by atoms with E-state index in [0.717, 1.165) is 7.11 Å². The van der Waals surface area contributed by atoms with Crippen molar-refractivity contribution in [2.45, 2.75) is 0 Å². The molecule has 0 rings (SSSR count). The zero-order valence-corrected chi connectivity index (χ0v) is 9.09. The lowest BCUT2D eigenvalue weighted by Gasteiger charge is -2.02. The molecular weight excluding hydrogens is 248 g/mol. The lowest BCUT2D eigenvalue weighted by molar-refractivity contribution is 0.321. The summed E-state index contributed by atoms with van der Waals surface area (Å²) in [5.41, 5.74) is 0. The third kappa shape index (κ3) is 7.21. The number of rotatable bonds is 5. The topological polar surface area (TPSA) is 89.9 Å². The summed E-state index contributed by atoms with van der Waals surface area (Å²) in [6, 6.07) is 0. The van der Waals surface area contributed by atoms with Crippen LogP contribution < -0.4 is 0 Å². The molecule has 0 aromatic heterocycles. The SMILES string of the molecule is COS(=O)(=S)OCSS(=O)(=O)O. The van der Waals surface area contributed by atoms with Crippen LogP contribution in [0.4, 0.5) is 0 Å². The van der Waals surface area contributed by atoms with E-state index in [-0.39, 0.29) is 10.8 Å². The molecular formula is C2H6O6S4. The maximum Gasteiger partial charge on any atom is 0.322 e. The van der Waals surface area contributed by atoms with Gasteiger partial charge in [-0.05, 0) is 0 Å². The summed E-state index contributed by atoms with van der Waals surface area (Å²) in [5.74, 6) is -0.547. The van der Waals surface area contributed by atoms with E-state index < -0.39 is 24.1 Å². The van der Waals surface area contributed by atoms with Gasteiger partial charge in [0.25, 0.3) is 9.05 Å². The molecule has 12 heavy (non-hydrogen) atoms. The van der Waals surface area contributed by atoms with Gasteiger partial charge in [-0.3, -0.25) is 12.9 Å². The van der Waals surface area contributed by atoms with Gasteiger partial charge < -0.3 is 0 Å². The van der Waals surface area contributed by atoms with E-state index in [2.05, 4.69) is 19.6 Å². The minimum atomic E-state index is -4.19. The largest absolute Gasteiger partial charge is 0.322 e. The Hall–Kier alpha value is 0.550. The molecule has 1 atom stereocenters. The molecule has 0 aromatic carbocycles. The summed E-state index contributed by atoms with van der Waals surface area (Å²) in [4.78, 5) is 0. The van der Waals surface area contributed by atoms with Gasteiger partial charge in [0, 0.05) is 22.0 Å². The first-order chi connectivity index (χ1) is 5.27. The van der Waals surface area contributed by atoms with Crippen molar-refractivity contribution in [3.05, 3.63) is 0 Å². The maximum atomic E-state index is 10.7. The molecule has 10 heteroatoms. The van der Waals surface area contributed by atoms with Gasteiger partial charge in [0.1, 0.15) is 5.94 Å². The van der Waals surface area contributed by atoms with E-state index in [1.54, 1.807) is 0 Å². The molecule has 0 saturated heterocycles. The molecule has 0 aromatic rings. The normalized spacial score (nSPS) is 17.2. The van der Waals surface area contributed by atoms with Crippen molar-refractivity contribution in [2.24, 2.45) is 0 Å². The van der Waals surface area contributed by atoms with E-state index in [0.29, 0.717) is 0 Å². The highest BCUT2D eigenvalue weighted by molar-refractivity contribution is 8.69. The second-order valence-electron chi connectivity index (χ2n) is 1.36. The predicted octanol–water partition coefficient (Wildman–Crippen LogP) is -0.281. The number of hydrogen-bond donors (Lipinski definition) is 1. The summed E-state index contributed by atoms with van der Waals surface area (Å²) in [5, 5.41) is 0. The van der Waals surface area contributed by atoms with E-state index >= 15 is 0 Å². The molecule has 0 aliphatic heterocycles. The van der Waals surface area contributed by atoms with Crippen molar-refractivity contribution in [3.8, 4) is 0 Å². The Morgan fingerprint density at radius 2 is 2.00 bits per heavy atom. The summed E-state index contributed by atoms with van der Waals surface area (Å²) in [6.07, 6.45) is 0. The van der Waals surface area contributed by atoms with Crippen molar-refractivity contribution < 1.29 is 25.5 Å². The van der Waals surface area contributed by atoms with Crippen LogP contribution in [0.2, 0.25) is 0 Å². The Kier molecular flexibility index (Phi) is 4.91. The quantitative estimate of drug-likeness (QED) is 0.407. The van der Waals surface area contributed by atoms with Crippen molar-refractivity contribution in [1.82, 2.24) is 0 Å². The van der Waals surface area contributed by atoms with Crippen LogP contribution in [0.5, 0.6) is 0 Å². The van der Waals surface area contributed by atoms with Crippen LogP contribution in [0.15, 0.2) is 0 Å². The highest BCUT2D eigenvalue weighted by Gasteiger charge is 2.09. The van der Waals surface area contributed by atoms with Crippen LogP contribution in [-0.4, -0.2) is 30.2 Å². The zero-order valence-electron chi connectivity index (χ0n) is 5.83. The molecule has 1 unspecified atom stereocenters. The molecule has 0 heterocycles. The van der Waals surface area contributed by atoms with Gasteiger partial charge in [-0.2, -0.15) is 12.6 Å². The van der Waals surface area contributed by atoms with Crippen LogP contribution in [0, 0.1) is 0 Å². The third-order valence-corrected chi connectivity index (χ3v) is 3.95. The standard InChI is InChI=1S/C2H6O6S4/c1-7-12(6,9)8-2-10-11(3,4)5/h2H2,1H3,(H,3,4,5). The van der Waals surface area contributed by atoms with E-state index in [1.807, 2.05) is 0 Å². The highest BCUT2D eigenvalue weighted by Crippen LogP contribution is 2.11. The van der Waals surface area contributed by atoms with E-state index in [9.17, 15) is 12.6 Å². The Morgan fingerprint density at radius 3 is 2.33 bits per heavy atom. The van der Waals surface area contributed by atoms with Gasteiger partial charge in [0.05, 0.1) is 7.11 Å². The number of hydrogen-bond acceptors (Lipinski definition) is 7. The van der Waals surface area contributed by atoms with Gasteiger partial charge >= 0.3 is 9.15 Å². The minimum Gasteiger partial charge on any atom is -0.277 e. The Bertz CT molecular complexity index is 311. The predicted molar refractivity (Wildman–Crippen MR) is 47.6 cm³/mol. The Morgan fingerprint density at radius 1 is 1.50 bits per heavy atom. The molecule has 0 saturated carbocycles. The lowest BCUT2D eigenvalue weighted by atomic mass is 11.7. The van der Waals surface area contributed by atoms with Crippen molar-refractivity contribution in [3.63, 3.8) is 0 Å². The smallest absolute Gasteiger partial charge is 0.277 e.